The van der Waals surface area contributed by atoms with Gasteiger partial charge < -0.3 is 16.3 Å². The molecule has 1 atom stereocenters. The lowest BCUT2D eigenvalue weighted by Crippen LogP contribution is -2.28. The van der Waals surface area contributed by atoms with Gasteiger partial charge in [-0.25, -0.2) is 0 Å². The van der Waals surface area contributed by atoms with E-state index in [9.17, 15) is 0 Å². The van der Waals surface area contributed by atoms with Gasteiger partial charge in [-0.3, -0.25) is 0 Å². The van der Waals surface area contributed by atoms with Crippen LogP contribution in [-0.4, -0.2) is 17.6 Å². The molecule has 0 fully saturated rings. The van der Waals surface area contributed by atoms with Crippen LogP contribution in [0.15, 0.2) is 29.4 Å². The van der Waals surface area contributed by atoms with Crippen molar-refractivity contribution in [2.75, 3.05) is 6.54 Å². The number of nitrogens with zero attached hydrogens (tertiary/aromatic N) is 1. The molecule has 1 aliphatic rings. The maximum atomic E-state index is 8.46. The molecule has 4 heteroatoms. The van der Waals surface area contributed by atoms with Crippen LogP contribution < -0.4 is 11.1 Å². The number of hydrogen-bond acceptors (Lipinski definition) is 3. The lowest BCUT2D eigenvalue weighted by Gasteiger charge is -2.26. The summed E-state index contributed by atoms with van der Waals surface area (Å²) < 4.78 is 0. The van der Waals surface area contributed by atoms with Crippen LogP contribution in [0.3, 0.4) is 0 Å². The number of nitrogens with one attached hydrogen (secondary N) is 1. The summed E-state index contributed by atoms with van der Waals surface area (Å²) in [6.07, 6.45) is 4.13. The summed E-state index contributed by atoms with van der Waals surface area (Å²) >= 11 is 0. The van der Waals surface area contributed by atoms with Crippen molar-refractivity contribution in [2.45, 2.75) is 31.7 Å². The van der Waals surface area contributed by atoms with Crippen LogP contribution in [0.1, 0.15) is 36.4 Å². The number of rotatable bonds is 4. The molecule has 0 heterocycles. The SMILES string of the molecule is NC(CCNC1CCCc2ccccc21)=NO. The summed E-state index contributed by atoms with van der Waals surface area (Å²) in [6.45, 7) is 0.745. The Labute approximate surface area is 102 Å². The predicted molar refractivity (Wildman–Crippen MR) is 68.1 cm³/mol. The quantitative estimate of drug-likeness (QED) is 0.321. The van der Waals surface area contributed by atoms with E-state index in [0.29, 0.717) is 12.5 Å². The van der Waals surface area contributed by atoms with Crippen LogP contribution in [0.5, 0.6) is 0 Å². The molecule has 4 nitrogen and oxygen atoms in total. The second-order valence-electron chi connectivity index (χ2n) is 4.44. The van der Waals surface area contributed by atoms with Gasteiger partial charge in [-0.2, -0.15) is 0 Å². The standard InChI is InChI=1S/C13H19N3O/c14-13(16-17)8-9-15-12-7-3-5-10-4-1-2-6-11(10)12/h1-2,4,6,12,15,17H,3,5,7-9H2,(H2,14,16). The average Bonchev–Trinajstić information content (AvgIpc) is 2.39. The molecule has 0 aromatic heterocycles. The molecule has 1 aliphatic carbocycles. The topological polar surface area (TPSA) is 70.6 Å². The van der Waals surface area contributed by atoms with Crippen LogP contribution in [0.4, 0.5) is 0 Å². The largest absolute Gasteiger partial charge is 0.409 e. The monoisotopic (exact) mass is 233 g/mol. The minimum Gasteiger partial charge on any atom is -0.409 e. The predicted octanol–water partition coefficient (Wildman–Crippen LogP) is 1.79. The summed E-state index contributed by atoms with van der Waals surface area (Å²) in [5.41, 5.74) is 8.29. The number of oxime groups is 1. The van der Waals surface area contributed by atoms with Gasteiger partial charge in [0.15, 0.2) is 0 Å². The molecule has 17 heavy (non-hydrogen) atoms. The molecule has 0 saturated carbocycles. The Balaban J connectivity index is 1.95. The van der Waals surface area contributed by atoms with Crippen LogP contribution in [0.25, 0.3) is 0 Å². The summed E-state index contributed by atoms with van der Waals surface area (Å²) in [6, 6.07) is 8.98. The summed E-state index contributed by atoms with van der Waals surface area (Å²) in [7, 11) is 0. The number of nitrogens with two attached hydrogens (primary N) is 1. The molecular weight excluding hydrogens is 214 g/mol. The lowest BCUT2D eigenvalue weighted by atomic mass is 9.88. The Morgan fingerprint density at radius 2 is 2.29 bits per heavy atom. The summed E-state index contributed by atoms with van der Waals surface area (Å²) in [5, 5.41) is 14.9. The van der Waals surface area contributed by atoms with Crippen molar-refractivity contribution >= 4 is 5.84 Å². The van der Waals surface area contributed by atoms with Gasteiger partial charge >= 0.3 is 0 Å². The van der Waals surface area contributed by atoms with Crippen LogP contribution in [0.2, 0.25) is 0 Å². The molecule has 1 aromatic carbocycles. The van der Waals surface area contributed by atoms with Gasteiger partial charge in [-0.1, -0.05) is 29.4 Å². The van der Waals surface area contributed by atoms with E-state index in [0.717, 1.165) is 13.0 Å². The fourth-order valence-corrected chi connectivity index (χ4v) is 2.39. The van der Waals surface area contributed by atoms with E-state index in [1.807, 2.05) is 0 Å². The maximum absolute atomic E-state index is 8.46. The van der Waals surface area contributed by atoms with Gasteiger partial charge in [-0.15, -0.1) is 0 Å². The van der Waals surface area contributed by atoms with Crippen molar-refractivity contribution in [1.82, 2.24) is 5.32 Å². The highest BCUT2D eigenvalue weighted by molar-refractivity contribution is 5.79. The molecule has 0 saturated heterocycles. The van der Waals surface area contributed by atoms with Gasteiger partial charge in [0.1, 0.15) is 5.84 Å². The van der Waals surface area contributed by atoms with Gasteiger partial charge in [-0.05, 0) is 30.4 Å². The Morgan fingerprint density at radius 3 is 3.12 bits per heavy atom. The third-order valence-corrected chi connectivity index (χ3v) is 3.27. The van der Waals surface area contributed by atoms with E-state index >= 15 is 0 Å². The fourth-order valence-electron chi connectivity index (χ4n) is 2.39. The maximum Gasteiger partial charge on any atom is 0.140 e. The van der Waals surface area contributed by atoms with Gasteiger partial charge in [0, 0.05) is 19.0 Å². The first-order valence-electron chi connectivity index (χ1n) is 6.09. The van der Waals surface area contributed by atoms with Crippen molar-refractivity contribution in [3.63, 3.8) is 0 Å². The molecule has 0 amide bonds. The van der Waals surface area contributed by atoms with E-state index in [1.54, 1.807) is 0 Å². The minimum atomic E-state index is 0.279. The van der Waals surface area contributed by atoms with Crippen LogP contribution in [-0.2, 0) is 6.42 Å². The first-order chi connectivity index (χ1) is 8.31. The zero-order valence-electron chi connectivity index (χ0n) is 9.89. The molecule has 0 bridgehead atoms. The second kappa shape index (κ2) is 5.68. The highest BCUT2D eigenvalue weighted by atomic mass is 16.4. The zero-order chi connectivity index (χ0) is 12.1. The third kappa shape index (κ3) is 2.97. The third-order valence-electron chi connectivity index (χ3n) is 3.27. The van der Waals surface area contributed by atoms with Crippen LogP contribution >= 0.6 is 0 Å². The van der Waals surface area contributed by atoms with Gasteiger partial charge in [0.05, 0.1) is 0 Å². The van der Waals surface area contributed by atoms with E-state index in [2.05, 4.69) is 34.7 Å². The highest BCUT2D eigenvalue weighted by Gasteiger charge is 2.18. The number of hydrogen-bond donors (Lipinski definition) is 3. The lowest BCUT2D eigenvalue weighted by molar-refractivity contribution is 0.316. The van der Waals surface area contributed by atoms with E-state index < -0.39 is 0 Å². The Bertz CT molecular complexity index is 403. The average molecular weight is 233 g/mol. The molecule has 1 unspecified atom stereocenters. The Hall–Kier alpha value is -1.55. The van der Waals surface area contributed by atoms with Crippen molar-refractivity contribution in [3.8, 4) is 0 Å². The number of benzene rings is 1. The highest BCUT2D eigenvalue weighted by Crippen LogP contribution is 2.29. The molecule has 4 N–H and O–H groups in total. The first kappa shape index (κ1) is 11.9. The van der Waals surface area contributed by atoms with Crippen molar-refractivity contribution in [3.05, 3.63) is 35.4 Å². The number of fused-ring (bicyclic) bond motifs is 1. The number of aryl methyl sites for hydroxylation is 1. The van der Waals surface area contributed by atoms with Gasteiger partial charge in [0.25, 0.3) is 0 Å². The Morgan fingerprint density at radius 1 is 1.47 bits per heavy atom. The van der Waals surface area contributed by atoms with E-state index in [-0.39, 0.29) is 5.84 Å². The first-order valence-corrected chi connectivity index (χ1v) is 6.09. The molecule has 2 rings (SSSR count). The molecule has 0 spiro atoms. The zero-order valence-corrected chi connectivity index (χ0v) is 9.89. The second-order valence-corrected chi connectivity index (χ2v) is 4.44. The van der Waals surface area contributed by atoms with Crippen molar-refractivity contribution in [2.24, 2.45) is 10.9 Å². The summed E-state index contributed by atoms with van der Waals surface area (Å²) in [5.74, 6) is 0.279. The minimum absolute atomic E-state index is 0.279. The van der Waals surface area contributed by atoms with Crippen molar-refractivity contribution < 1.29 is 5.21 Å². The number of amidine groups is 1. The molecule has 0 radical (unpaired) electrons. The molecular formula is C13H19N3O. The van der Waals surface area contributed by atoms with E-state index in [1.165, 1.54) is 24.0 Å². The smallest absolute Gasteiger partial charge is 0.140 e. The van der Waals surface area contributed by atoms with Gasteiger partial charge in [0.2, 0.25) is 0 Å². The van der Waals surface area contributed by atoms with Crippen molar-refractivity contribution in [1.29, 1.82) is 0 Å². The summed E-state index contributed by atoms with van der Waals surface area (Å²) in [4.78, 5) is 0. The molecule has 1 aromatic rings. The van der Waals surface area contributed by atoms with E-state index in [4.69, 9.17) is 10.9 Å². The fraction of sp³-hybridized carbons (Fsp3) is 0.462. The molecule has 92 valence electrons. The van der Waals surface area contributed by atoms with Crippen LogP contribution in [0, 0.1) is 0 Å². The Kier molecular flexibility index (Phi) is 3.98. The normalized spacial score (nSPS) is 20.0. The molecule has 0 aliphatic heterocycles.